The molecule has 2 aromatic carbocycles. The zero-order valence-corrected chi connectivity index (χ0v) is 18.3. The maximum absolute atomic E-state index is 11.3. The van der Waals surface area contributed by atoms with Crippen LogP contribution in [0.15, 0.2) is 70.2 Å². The van der Waals surface area contributed by atoms with Crippen LogP contribution < -0.4 is 4.80 Å². The van der Waals surface area contributed by atoms with Crippen molar-refractivity contribution in [3.8, 4) is 11.3 Å². The van der Waals surface area contributed by atoms with E-state index < -0.39 is 0 Å². The molecule has 4 aromatic rings. The molecule has 32 heavy (non-hydrogen) atoms. The fourth-order valence-electron chi connectivity index (χ4n) is 4.16. The van der Waals surface area contributed by atoms with E-state index in [1.54, 1.807) is 12.1 Å². The van der Waals surface area contributed by atoms with Crippen LogP contribution in [0.2, 0.25) is 0 Å². The molecule has 2 aromatic heterocycles. The molecule has 0 atom stereocenters. The van der Waals surface area contributed by atoms with E-state index in [-0.39, 0.29) is 10.6 Å². The number of non-ortho nitro benzene ring substituents is 1. The first kappa shape index (κ1) is 20.4. The summed E-state index contributed by atoms with van der Waals surface area (Å²) in [6, 6.07) is 15.1. The first-order valence-corrected chi connectivity index (χ1v) is 11.7. The highest BCUT2D eigenvalue weighted by molar-refractivity contribution is 7.07. The first-order chi connectivity index (χ1) is 15.7. The Bertz CT molecular complexity index is 1360. The van der Waals surface area contributed by atoms with Gasteiger partial charge in [-0.25, -0.2) is 4.68 Å². The number of H-pyrrole nitrogens is 1. The first-order valence-electron chi connectivity index (χ1n) is 10.8. The summed E-state index contributed by atoms with van der Waals surface area (Å²) in [6.07, 6.45) is 9.63. The van der Waals surface area contributed by atoms with Crippen LogP contribution in [0.1, 0.15) is 37.7 Å². The molecule has 1 aliphatic carbocycles. The van der Waals surface area contributed by atoms with Gasteiger partial charge >= 0.3 is 0 Å². The van der Waals surface area contributed by atoms with Crippen LogP contribution in [0, 0.1) is 10.1 Å². The topological polar surface area (TPSA) is 88.6 Å². The quantitative estimate of drug-likeness (QED) is 0.242. The Kier molecular flexibility index (Phi) is 5.68. The van der Waals surface area contributed by atoms with E-state index >= 15 is 0 Å². The summed E-state index contributed by atoms with van der Waals surface area (Å²) < 4.78 is 1.82. The summed E-state index contributed by atoms with van der Waals surface area (Å²) in [5.41, 5.74) is 3.64. The Labute approximate surface area is 188 Å². The Hall–Kier alpha value is -3.52. The van der Waals surface area contributed by atoms with Crippen molar-refractivity contribution in [2.45, 2.75) is 38.1 Å². The largest absolute Gasteiger partial charge is 0.361 e. The van der Waals surface area contributed by atoms with E-state index in [9.17, 15) is 10.1 Å². The summed E-state index contributed by atoms with van der Waals surface area (Å²) in [4.78, 5) is 20.0. The van der Waals surface area contributed by atoms with Gasteiger partial charge in [0.05, 0.1) is 22.9 Å². The zero-order valence-electron chi connectivity index (χ0n) is 17.5. The monoisotopic (exact) mass is 445 g/mol. The van der Waals surface area contributed by atoms with Crippen molar-refractivity contribution in [1.82, 2.24) is 9.66 Å². The van der Waals surface area contributed by atoms with Crippen molar-refractivity contribution < 1.29 is 4.92 Å². The van der Waals surface area contributed by atoms with Crippen molar-refractivity contribution in [1.29, 1.82) is 0 Å². The van der Waals surface area contributed by atoms with Crippen LogP contribution in [-0.2, 0) is 0 Å². The lowest BCUT2D eigenvalue weighted by Crippen LogP contribution is -2.19. The standard InChI is InChI=1S/C24H23N5O2S/c30-29(31)20-10-6-7-17(13-20)23-16-32-24(27-19-8-2-1-3-9-19)28(23)26-15-18-14-25-22-12-5-4-11-21(18)22/h4-7,10-16,19,25H,1-3,8-9H2. The van der Waals surface area contributed by atoms with Crippen molar-refractivity contribution in [2.75, 3.05) is 0 Å². The number of fused-ring (bicyclic) bond motifs is 1. The Morgan fingerprint density at radius 3 is 2.81 bits per heavy atom. The second kappa shape index (κ2) is 8.92. The minimum Gasteiger partial charge on any atom is -0.361 e. The third kappa shape index (κ3) is 4.13. The number of benzene rings is 2. The molecule has 0 aliphatic heterocycles. The fourth-order valence-corrected chi connectivity index (χ4v) is 5.07. The fraction of sp³-hybridized carbons (Fsp3) is 0.250. The molecule has 7 nitrogen and oxygen atoms in total. The summed E-state index contributed by atoms with van der Waals surface area (Å²) in [7, 11) is 0. The van der Waals surface area contributed by atoms with Gasteiger partial charge in [0.2, 0.25) is 4.80 Å². The Balaban J connectivity index is 1.61. The normalized spacial score (nSPS) is 15.7. The van der Waals surface area contributed by atoms with Crippen molar-refractivity contribution in [3.05, 3.63) is 80.6 Å². The smallest absolute Gasteiger partial charge is 0.270 e. The average Bonchev–Trinajstić information content (AvgIpc) is 3.42. The molecule has 1 fully saturated rings. The molecule has 0 radical (unpaired) electrons. The van der Waals surface area contributed by atoms with Gasteiger partial charge in [0.25, 0.3) is 5.69 Å². The van der Waals surface area contributed by atoms with Gasteiger partial charge < -0.3 is 4.98 Å². The van der Waals surface area contributed by atoms with E-state index in [1.807, 2.05) is 46.7 Å². The van der Waals surface area contributed by atoms with Gasteiger partial charge in [-0.1, -0.05) is 49.6 Å². The lowest BCUT2D eigenvalue weighted by molar-refractivity contribution is -0.384. The summed E-state index contributed by atoms with van der Waals surface area (Å²) in [5.74, 6) is 0. The number of hydrogen-bond donors (Lipinski definition) is 1. The maximum Gasteiger partial charge on any atom is 0.270 e. The highest BCUT2D eigenvalue weighted by Gasteiger charge is 2.15. The summed E-state index contributed by atoms with van der Waals surface area (Å²) in [5, 5.41) is 19.2. The Morgan fingerprint density at radius 1 is 1.12 bits per heavy atom. The van der Waals surface area contributed by atoms with E-state index in [2.05, 4.69) is 11.1 Å². The number of nitrogens with one attached hydrogen (secondary N) is 1. The van der Waals surface area contributed by atoms with Gasteiger partial charge in [-0.15, -0.1) is 11.3 Å². The number of para-hydroxylation sites is 1. The van der Waals surface area contributed by atoms with E-state index in [0.717, 1.165) is 45.4 Å². The number of nitro groups is 1. The van der Waals surface area contributed by atoms with Crippen LogP contribution in [0.5, 0.6) is 0 Å². The van der Waals surface area contributed by atoms with Gasteiger partial charge in [-0.05, 0) is 18.9 Å². The summed E-state index contributed by atoms with van der Waals surface area (Å²) >= 11 is 1.52. The van der Waals surface area contributed by atoms with Gasteiger partial charge in [0.1, 0.15) is 0 Å². The molecule has 1 aliphatic rings. The second-order valence-corrected chi connectivity index (χ2v) is 8.81. The van der Waals surface area contributed by atoms with Crippen LogP contribution >= 0.6 is 11.3 Å². The molecule has 8 heteroatoms. The van der Waals surface area contributed by atoms with Gasteiger partial charge in [-0.2, -0.15) is 5.10 Å². The molecule has 162 valence electrons. The lowest BCUT2D eigenvalue weighted by atomic mass is 9.96. The SMILES string of the molecule is O=[N+]([O-])c1cccc(-c2csc(=NC3CCCCC3)n2N=Cc2c[nH]c3ccccc23)c1. The molecule has 1 saturated carbocycles. The van der Waals surface area contributed by atoms with Crippen molar-refractivity contribution in [3.63, 3.8) is 0 Å². The van der Waals surface area contributed by atoms with Gasteiger partial charge in [-0.3, -0.25) is 15.1 Å². The van der Waals surface area contributed by atoms with E-state index in [1.165, 1.54) is 36.7 Å². The third-order valence-corrected chi connectivity index (χ3v) is 6.67. The maximum atomic E-state index is 11.3. The number of aromatic nitrogens is 2. The molecule has 0 unspecified atom stereocenters. The van der Waals surface area contributed by atoms with Crippen LogP contribution in [0.4, 0.5) is 5.69 Å². The number of nitrogens with zero attached hydrogens (tertiary/aromatic N) is 4. The van der Waals surface area contributed by atoms with Crippen LogP contribution in [0.3, 0.4) is 0 Å². The molecule has 5 rings (SSSR count). The second-order valence-electron chi connectivity index (χ2n) is 7.98. The molecular formula is C24H23N5O2S. The predicted octanol–water partition coefficient (Wildman–Crippen LogP) is 5.72. The number of nitro benzene ring substituents is 1. The number of thiazole rings is 1. The minimum atomic E-state index is -0.372. The molecule has 0 bridgehead atoms. The molecule has 0 spiro atoms. The lowest BCUT2D eigenvalue weighted by Gasteiger charge is -2.16. The number of rotatable bonds is 5. The van der Waals surface area contributed by atoms with E-state index in [0.29, 0.717) is 6.04 Å². The molecule has 1 N–H and O–H groups in total. The third-order valence-electron chi connectivity index (χ3n) is 5.84. The van der Waals surface area contributed by atoms with Gasteiger partial charge in [0.15, 0.2) is 0 Å². The molecular weight excluding hydrogens is 422 g/mol. The molecule has 0 saturated heterocycles. The number of aromatic amines is 1. The van der Waals surface area contributed by atoms with Crippen molar-refractivity contribution >= 4 is 34.1 Å². The minimum absolute atomic E-state index is 0.0617. The summed E-state index contributed by atoms with van der Waals surface area (Å²) in [6.45, 7) is 0. The highest BCUT2D eigenvalue weighted by atomic mass is 32.1. The van der Waals surface area contributed by atoms with Crippen LogP contribution in [-0.4, -0.2) is 26.8 Å². The highest BCUT2D eigenvalue weighted by Crippen LogP contribution is 2.26. The molecule has 2 heterocycles. The number of hydrogen-bond acceptors (Lipinski definition) is 5. The van der Waals surface area contributed by atoms with E-state index in [4.69, 9.17) is 10.1 Å². The predicted molar refractivity (Wildman–Crippen MR) is 128 cm³/mol. The van der Waals surface area contributed by atoms with Gasteiger partial charge in [0, 0.05) is 45.7 Å². The van der Waals surface area contributed by atoms with Crippen molar-refractivity contribution in [2.24, 2.45) is 10.1 Å². The molecule has 0 amide bonds. The average molecular weight is 446 g/mol. The zero-order chi connectivity index (χ0) is 21.9. The van der Waals surface area contributed by atoms with Crippen LogP contribution in [0.25, 0.3) is 22.2 Å². The Morgan fingerprint density at radius 2 is 1.97 bits per heavy atom.